The third-order valence-corrected chi connectivity index (χ3v) is 6.53. The normalized spacial score (nSPS) is 11.7. The summed E-state index contributed by atoms with van der Waals surface area (Å²) in [5, 5.41) is 0.555. The maximum atomic E-state index is 13.2. The first-order chi connectivity index (χ1) is 13.0. The van der Waals surface area contributed by atoms with Gasteiger partial charge in [0.1, 0.15) is 0 Å². The van der Waals surface area contributed by atoms with Crippen molar-refractivity contribution in [2.45, 2.75) is 24.8 Å². The van der Waals surface area contributed by atoms with Crippen LogP contribution in [0, 0.1) is 6.92 Å². The van der Waals surface area contributed by atoms with Crippen LogP contribution in [0.25, 0.3) is 0 Å². The van der Waals surface area contributed by atoms with Crippen LogP contribution in [0.2, 0.25) is 5.02 Å². The molecule has 0 amide bonds. The first-order valence-corrected chi connectivity index (χ1v) is 10.5. The van der Waals surface area contributed by atoms with Crippen LogP contribution in [-0.2, 0) is 23.0 Å². The Kier molecular flexibility index (Phi) is 6.26. The van der Waals surface area contributed by atoms with Gasteiger partial charge in [-0.05, 0) is 42.8 Å². The molecule has 6 heteroatoms. The average molecular weight is 401 g/mol. The molecule has 0 bridgehead atoms. The summed E-state index contributed by atoms with van der Waals surface area (Å²) in [6, 6.07) is 19.8. The van der Waals surface area contributed by atoms with E-state index in [4.69, 9.17) is 11.6 Å². The van der Waals surface area contributed by atoms with Crippen LogP contribution < -0.4 is 0 Å². The maximum Gasteiger partial charge on any atom is 0.243 e. The third-order valence-electron chi connectivity index (χ3n) is 4.31. The lowest BCUT2D eigenvalue weighted by Gasteiger charge is -2.23. The zero-order valence-electron chi connectivity index (χ0n) is 15.0. The minimum atomic E-state index is -3.66. The van der Waals surface area contributed by atoms with Gasteiger partial charge in [-0.15, -0.1) is 0 Å². The summed E-state index contributed by atoms with van der Waals surface area (Å²) >= 11 is 6.27. The molecule has 4 nitrogen and oxygen atoms in total. The fraction of sp³-hybridized carbons (Fsp3) is 0.190. The molecule has 3 rings (SSSR count). The van der Waals surface area contributed by atoms with E-state index < -0.39 is 10.0 Å². The Morgan fingerprint density at radius 1 is 0.963 bits per heavy atom. The van der Waals surface area contributed by atoms with Crippen LogP contribution in [0.5, 0.6) is 0 Å². The predicted octanol–water partition coefficient (Wildman–Crippen LogP) is 4.48. The van der Waals surface area contributed by atoms with Crippen LogP contribution >= 0.6 is 11.6 Å². The molecule has 0 fully saturated rings. The molecule has 0 atom stereocenters. The Labute approximate surface area is 165 Å². The van der Waals surface area contributed by atoms with Crippen molar-refractivity contribution in [1.82, 2.24) is 9.29 Å². The smallest absolute Gasteiger partial charge is 0.243 e. The van der Waals surface area contributed by atoms with E-state index in [9.17, 15) is 8.42 Å². The molecule has 140 valence electrons. The molecular formula is C21H21ClN2O2S. The van der Waals surface area contributed by atoms with Crippen molar-refractivity contribution >= 4 is 21.6 Å². The van der Waals surface area contributed by atoms with E-state index >= 15 is 0 Å². The summed E-state index contributed by atoms with van der Waals surface area (Å²) in [5.41, 5.74) is 2.64. The SMILES string of the molecule is Cc1ccc(S(=O)(=O)N(CCc2ccccn2)Cc2ccccc2Cl)cc1. The van der Waals surface area contributed by atoms with Gasteiger partial charge in [-0.25, -0.2) is 8.42 Å². The van der Waals surface area contributed by atoms with Gasteiger partial charge >= 0.3 is 0 Å². The quantitative estimate of drug-likeness (QED) is 0.587. The zero-order chi connectivity index (χ0) is 19.3. The van der Waals surface area contributed by atoms with Crippen molar-refractivity contribution in [2.24, 2.45) is 0 Å². The van der Waals surface area contributed by atoms with E-state index in [-0.39, 0.29) is 11.4 Å². The highest BCUT2D eigenvalue weighted by Gasteiger charge is 2.25. The number of benzene rings is 2. The van der Waals surface area contributed by atoms with Gasteiger partial charge in [0, 0.05) is 36.4 Å². The van der Waals surface area contributed by atoms with Gasteiger partial charge in [0.25, 0.3) is 0 Å². The second kappa shape index (κ2) is 8.65. The lowest BCUT2D eigenvalue weighted by atomic mass is 10.2. The van der Waals surface area contributed by atoms with Gasteiger partial charge in [-0.1, -0.05) is 53.6 Å². The van der Waals surface area contributed by atoms with E-state index in [1.807, 2.05) is 43.3 Å². The van der Waals surface area contributed by atoms with Gasteiger partial charge in [-0.3, -0.25) is 4.98 Å². The summed E-state index contributed by atoms with van der Waals surface area (Å²) in [5.74, 6) is 0. The summed E-state index contributed by atoms with van der Waals surface area (Å²) < 4.78 is 28.0. The molecule has 0 radical (unpaired) electrons. The molecular weight excluding hydrogens is 380 g/mol. The first kappa shape index (κ1) is 19.5. The Balaban J connectivity index is 1.90. The minimum Gasteiger partial charge on any atom is -0.261 e. The number of nitrogens with zero attached hydrogens (tertiary/aromatic N) is 2. The fourth-order valence-corrected chi connectivity index (χ4v) is 4.36. The number of sulfonamides is 1. The van der Waals surface area contributed by atoms with E-state index in [1.54, 1.807) is 36.5 Å². The molecule has 0 saturated heterocycles. The highest BCUT2D eigenvalue weighted by atomic mass is 35.5. The lowest BCUT2D eigenvalue weighted by Crippen LogP contribution is -2.32. The second-order valence-electron chi connectivity index (χ2n) is 6.31. The largest absolute Gasteiger partial charge is 0.261 e. The number of hydrogen-bond donors (Lipinski definition) is 0. The molecule has 0 aliphatic rings. The first-order valence-electron chi connectivity index (χ1n) is 8.67. The maximum absolute atomic E-state index is 13.2. The van der Waals surface area contributed by atoms with Gasteiger partial charge < -0.3 is 0 Å². The highest BCUT2D eigenvalue weighted by molar-refractivity contribution is 7.89. The molecule has 0 unspecified atom stereocenters. The topological polar surface area (TPSA) is 50.3 Å². The predicted molar refractivity (Wildman–Crippen MR) is 108 cm³/mol. The van der Waals surface area contributed by atoms with Crippen molar-refractivity contribution in [3.8, 4) is 0 Å². The van der Waals surface area contributed by atoms with Crippen molar-refractivity contribution in [3.63, 3.8) is 0 Å². The molecule has 0 aliphatic heterocycles. The van der Waals surface area contributed by atoms with Crippen molar-refractivity contribution < 1.29 is 8.42 Å². The van der Waals surface area contributed by atoms with Crippen LogP contribution in [0.4, 0.5) is 0 Å². The van der Waals surface area contributed by atoms with Gasteiger partial charge in [-0.2, -0.15) is 4.31 Å². The molecule has 2 aromatic carbocycles. The molecule has 0 aliphatic carbocycles. The summed E-state index contributed by atoms with van der Waals surface area (Å²) in [7, 11) is -3.66. The lowest BCUT2D eigenvalue weighted by molar-refractivity contribution is 0.408. The number of hydrogen-bond acceptors (Lipinski definition) is 3. The Morgan fingerprint density at radius 2 is 1.67 bits per heavy atom. The van der Waals surface area contributed by atoms with E-state index in [1.165, 1.54) is 4.31 Å². The number of halogens is 1. The highest BCUT2D eigenvalue weighted by Crippen LogP contribution is 2.23. The molecule has 0 saturated carbocycles. The van der Waals surface area contributed by atoms with Crippen LogP contribution in [-0.4, -0.2) is 24.3 Å². The van der Waals surface area contributed by atoms with Crippen molar-refractivity contribution in [2.75, 3.05) is 6.54 Å². The third kappa shape index (κ3) is 4.95. The van der Waals surface area contributed by atoms with E-state index in [0.29, 0.717) is 18.0 Å². The van der Waals surface area contributed by atoms with Gasteiger partial charge in [0.2, 0.25) is 10.0 Å². The number of aromatic nitrogens is 1. The molecule has 1 heterocycles. The molecule has 3 aromatic rings. The standard InChI is InChI=1S/C21H21ClN2O2S/c1-17-9-11-20(12-10-17)27(25,26)24(15-13-19-7-4-5-14-23-19)16-18-6-2-3-8-21(18)22/h2-12,14H,13,15-16H2,1H3. The average Bonchev–Trinajstić information content (AvgIpc) is 2.67. The monoisotopic (exact) mass is 400 g/mol. The Bertz CT molecular complexity index is 990. The summed E-state index contributed by atoms with van der Waals surface area (Å²) in [6.07, 6.45) is 2.23. The number of rotatable bonds is 7. The molecule has 0 spiro atoms. The van der Waals surface area contributed by atoms with Gasteiger partial charge in [0.05, 0.1) is 4.90 Å². The second-order valence-corrected chi connectivity index (χ2v) is 8.66. The van der Waals surface area contributed by atoms with E-state index in [2.05, 4.69) is 4.98 Å². The van der Waals surface area contributed by atoms with Crippen molar-refractivity contribution in [3.05, 3.63) is 94.8 Å². The molecule has 27 heavy (non-hydrogen) atoms. The Hall–Kier alpha value is -2.21. The Morgan fingerprint density at radius 3 is 2.33 bits per heavy atom. The zero-order valence-corrected chi connectivity index (χ0v) is 16.6. The van der Waals surface area contributed by atoms with Crippen molar-refractivity contribution in [1.29, 1.82) is 0 Å². The van der Waals surface area contributed by atoms with Crippen LogP contribution in [0.15, 0.2) is 77.8 Å². The van der Waals surface area contributed by atoms with E-state index in [0.717, 1.165) is 16.8 Å². The van der Waals surface area contributed by atoms with Gasteiger partial charge in [0.15, 0.2) is 0 Å². The molecule has 1 aromatic heterocycles. The number of aryl methyl sites for hydroxylation is 1. The minimum absolute atomic E-state index is 0.211. The number of pyridine rings is 1. The van der Waals surface area contributed by atoms with Crippen LogP contribution in [0.1, 0.15) is 16.8 Å². The van der Waals surface area contributed by atoms with Crippen LogP contribution in [0.3, 0.4) is 0 Å². The fourth-order valence-electron chi connectivity index (χ4n) is 2.75. The summed E-state index contributed by atoms with van der Waals surface area (Å²) in [6.45, 7) is 2.46. The summed E-state index contributed by atoms with van der Waals surface area (Å²) in [4.78, 5) is 4.57. The molecule has 0 N–H and O–H groups in total.